The zero-order chi connectivity index (χ0) is 21.9. The molecule has 6 nitrogen and oxygen atoms in total. The normalized spacial score (nSPS) is 10.5. The number of nitrogen functional groups attached to an aromatic ring is 1. The fraction of sp³-hybridized carbons (Fsp3) is 0.167. The SMILES string of the molecule is CC(C)(C)c1ccc(Oc2ccc(-c3nc(N)c(C#N)c(C#N)c3C#N)cc2)cc1. The fourth-order valence-corrected chi connectivity index (χ4v) is 2.99. The summed E-state index contributed by atoms with van der Waals surface area (Å²) in [6.45, 7) is 6.45. The Bertz CT molecular complexity index is 1220. The summed E-state index contributed by atoms with van der Waals surface area (Å²) in [5.74, 6) is 1.24. The lowest BCUT2D eigenvalue weighted by atomic mass is 9.87. The van der Waals surface area contributed by atoms with Crippen molar-refractivity contribution in [2.75, 3.05) is 5.73 Å². The van der Waals surface area contributed by atoms with Gasteiger partial charge in [-0.1, -0.05) is 32.9 Å². The molecule has 0 spiro atoms. The van der Waals surface area contributed by atoms with Crippen LogP contribution < -0.4 is 10.5 Å². The van der Waals surface area contributed by atoms with Crippen molar-refractivity contribution in [3.63, 3.8) is 0 Å². The lowest BCUT2D eigenvalue weighted by Crippen LogP contribution is -2.10. The Morgan fingerprint density at radius 3 is 1.73 bits per heavy atom. The standard InChI is InChI=1S/C24H19N5O/c1-24(2,3)16-6-10-18(11-7-16)30-17-8-4-15(5-9-17)22-20(13-26)19(12-25)21(14-27)23(28)29-22/h4-11H,1-3H3,(H2,28,29). The predicted molar refractivity (Wildman–Crippen MR) is 113 cm³/mol. The van der Waals surface area contributed by atoms with Crippen LogP contribution in [0.4, 0.5) is 5.82 Å². The van der Waals surface area contributed by atoms with Crippen molar-refractivity contribution >= 4 is 5.82 Å². The maximum absolute atomic E-state index is 9.52. The van der Waals surface area contributed by atoms with E-state index in [0.29, 0.717) is 17.1 Å². The molecule has 0 atom stereocenters. The number of nitriles is 3. The highest BCUT2D eigenvalue weighted by Gasteiger charge is 2.19. The molecule has 0 aliphatic carbocycles. The molecule has 0 aliphatic heterocycles. The number of hydrogen-bond acceptors (Lipinski definition) is 6. The Hall–Kier alpha value is -4.34. The van der Waals surface area contributed by atoms with Crippen molar-refractivity contribution in [2.24, 2.45) is 0 Å². The van der Waals surface area contributed by atoms with Gasteiger partial charge in [-0.2, -0.15) is 15.8 Å². The van der Waals surface area contributed by atoms with Crippen LogP contribution in [0.3, 0.4) is 0 Å². The quantitative estimate of drug-likeness (QED) is 0.666. The Morgan fingerprint density at radius 2 is 1.27 bits per heavy atom. The number of pyridine rings is 1. The molecule has 3 rings (SSSR count). The van der Waals surface area contributed by atoms with Crippen LogP contribution in [0.1, 0.15) is 43.0 Å². The lowest BCUT2D eigenvalue weighted by molar-refractivity contribution is 0.481. The first-order chi connectivity index (χ1) is 14.3. The average Bonchev–Trinajstić information content (AvgIpc) is 2.73. The van der Waals surface area contributed by atoms with Crippen LogP contribution in [0.5, 0.6) is 11.5 Å². The highest BCUT2D eigenvalue weighted by molar-refractivity contribution is 5.76. The molecule has 2 aromatic carbocycles. The maximum Gasteiger partial charge on any atom is 0.143 e. The number of rotatable bonds is 3. The van der Waals surface area contributed by atoms with E-state index >= 15 is 0 Å². The molecule has 1 heterocycles. The molecular weight excluding hydrogens is 374 g/mol. The van der Waals surface area contributed by atoms with Gasteiger partial charge in [0.05, 0.1) is 16.8 Å². The van der Waals surface area contributed by atoms with E-state index in [2.05, 4.69) is 25.8 Å². The highest BCUT2D eigenvalue weighted by Crippen LogP contribution is 2.31. The second-order valence-electron chi connectivity index (χ2n) is 7.71. The summed E-state index contributed by atoms with van der Waals surface area (Å²) >= 11 is 0. The minimum absolute atomic E-state index is 0.0229. The summed E-state index contributed by atoms with van der Waals surface area (Å²) < 4.78 is 5.89. The number of nitrogens with zero attached hydrogens (tertiary/aromatic N) is 4. The molecule has 0 bridgehead atoms. The molecular formula is C24H19N5O. The van der Waals surface area contributed by atoms with Crippen LogP contribution in [-0.4, -0.2) is 4.98 Å². The van der Waals surface area contributed by atoms with E-state index in [-0.39, 0.29) is 33.6 Å². The molecule has 0 unspecified atom stereocenters. The number of aromatic nitrogens is 1. The summed E-state index contributed by atoms with van der Waals surface area (Å²) in [5, 5.41) is 28.1. The molecule has 6 heteroatoms. The van der Waals surface area contributed by atoms with Gasteiger partial charge in [0.25, 0.3) is 0 Å². The van der Waals surface area contributed by atoms with Crippen molar-refractivity contribution in [3.05, 3.63) is 70.8 Å². The minimum Gasteiger partial charge on any atom is -0.457 e. The van der Waals surface area contributed by atoms with Crippen molar-refractivity contribution in [1.29, 1.82) is 15.8 Å². The van der Waals surface area contributed by atoms with E-state index in [9.17, 15) is 15.8 Å². The highest BCUT2D eigenvalue weighted by atomic mass is 16.5. The van der Waals surface area contributed by atoms with Gasteiger partial charge >= 0.3 is 0 Å². The van der Waals surface area contributed by atoms with Crippen LogP contribution in [0.2, 0.25) is 0 Å². The van der Waals surface area contributed by atoms with Gasteiger partial charge in [-0.3, -0.25) is 0 Å². The number of hydrogen-bond donors (Lipinski definition) is 1. The van der Waals surface area contributed by atoms with Gasteiger partial charge in [0.1, 0.15) is 41.1 Å². The molecule has 30 heavy (non-hydrogen) atoms. The summed E-state index contributed by atoms with van der Waals surface area (Å²) in [6, 6.07) is 20.6. The number of benzene rings is 2. The van der Waals surface area contributed by atoms with Crippen molar-refractivity contribution in [2.45, 2.75) is 26.2 Å². The van der Waals surface area contributed by atoms with E-state index in [1.165, 1.54) is 5.56 Å². The maximum atomic E-state index is 9.52. The molecule has 0 saturated heterocycles. The third-order valence-corrected chi connectivity index (χ3v) is 4.64. The molecule has 0 saturated carbocycles. The van der Waals surface area contributed by atoms with Crippen LogP contribution >= 0.6 is 0 Å². The molecule has 0 fully saturated rings. The largest absolute Gasteiger partial charge is 0.457 e. The smallest absolute Gasteiger partial charge is 0.143 e. The van der Waals surface area contributed by atoms with E-state index in [1.807, 2.05) is 42.5 Å². The summed E-state index contributed by atoms with van der Waals surface area (Å²) in [7, 11) is 0. The van der Waals surface area contributed by atoms with Crippen LogP contribution in [0, 0.1) is 34.0 Å². The minimum atomic E-state index is -0.0866. The van der Waals surface area contributed by atoms with E-state index in [4.69, 9.17) is 10.5 Å². The first kappa shape index (κ1) is 20.4. The van der Waals surface area contributed by atoms with Gasteiger partial charge in [0.2, 0.25) is 0 Å². The number of ether oxygens (including phenoxy) is 1. The van der Waals surface area contributed by atoms with Gasteiger partial charge in [-0.05, 0) is 47.4 Å². The monoisotopic (exact) mass is 393 g/mol. The van der Waals surface area contributed by atoms with Crippen molar-refractivity contribution < 1.29 is 4.74 Å². The van der Waals surface area contributed by atoms with E-state index < -0.39 is 0 Å². The fourth-order valence-electron chi connectivity index (χ4n) is 2.99. The van der Waals surface area contributed by atoms with E-state index in [1.54, 1.807) is 24.3 Å². The number of nitrogens with two attached hydrogens (primary N) is 1. The Morgan fingerprint density at radius 1 is 0.767 bits per heavy atom. The van der Waals surface area contributed by atoms with Gasteiger partial charge in [0, 0.05) is 5.56 Å². The van der Waals surface area contributed by atoms with Gasteiger partial charge in [-0.15, -0.1) is 0 Å². The third kappa shape index (κ3) is 3.92. The molecule has 146 valence electrons. The Kier molecular flexibility index (Phi) is 5.41. The van der Waals surface area contributed by atoms with Gasteiger partial charge in [0.15, 0.2) is 0 Å². The summed E-state index contributed by atoms with van der Waals surface area (Å²) in [6.07, 6.45) is 0. The molecule has 0 aliphatic rings. The van der Waals surface area contributed by atoms with Crippen LogP contribution in [0.25, 0.3) is 11.3 Å². The second kappa shape index (κ2) is 7.95. The third-order valence-electron chi connectivity index (χ3n) is 4.64. The lowest BCUT2D eigenvalue weighted by Gasteiger charge is -2.19. The molecule has 1 aromatic heterocycles. The van der Waals surface area contributed by atoms with Crippen molar-refractivity contribution in [1.82, 2.24) is 4.98 Å². The zero-order valence-corrected chi connectivity index (χ0v) is 16.9. The summed E-state index contributed by atoms with van der Waals surface area (Å²) in [4.78, 5) is 4.18. The Balaban J connectivity index is 1.92. The molecule has 0 amide bonds. The van der Waals surface area contributed by atoms with Crippen LogP contribution in [-0.2, 0) is 5.41 Å². The Labute approximate surface area is 175 Å². The average molecular weight is 393 g/mol. The van der Waals surface area contributed by atoms with Gasteiger partial charge in [-0.25, -0.2) is 4.98 Å². The van der Waals surface area contributed by atoms with Gasteiger partial charge < -0.3 is 10.5 Å². The molecule has 3 aromatic rings. The molecule has 2 N–H and O–H groups in total. The predicted octanol–water partition coefficient (Wildman–Crippen LogP) is 5.04. The summed E-state index contributed by atoms with van der Waals surface area (Å²) in [5.41, 5.74) is 7.82. The number of anilines is 1. The zero-order valence-electron chi connectivity index (χ0n) is 16.9. The first-order valence-corrected chi connectivity index (χ1v) is 9.21. The molecule has 0 radical (unpaired) electrons. The topological polar surface area (TPSA) is 120 Å². The van der Waals surface area contributed by atoms with Crippen LogP contribution in [0.15, 0.2) is 48.5 Å². The second-order valence-corrected chi connectivity index (χ2v) is 7.71. The first-order valence-electron chi connectivity index (χ1n) is 9.21. The van der Waals surface area contributed by atoms with Crippen molar-refractivity contribution in [3.8, 4) is 41.0 Å². The van der Waals surface area contributed by atoms with E-state index in [0.717, 1.165) is 0 Å².